The van der Waals surface area contributed by atoms with Gasteiger partial charge in [0.1, 0.15) is 40.4 Å². The topological polar surface area (TPSA) is 419 Å². The van der Waals surface area contributed by atoms with E-state index >= 15 is 4.39 Å². The third-order valence-electron chi connectivity index (χ3n) is 20.6. The van der Waals surface area contributed by atoms with Crippen LogP contribution < -0.4 is 217 Å². The summed E-state index contributed by atoms with van der Waals surface area (Å²) in [6, 6.07) is 27.0. The maximum absolute atomic E-state index is 15.3. The fourth-order valence-electron chi connectivity index (χ4n) is 13.6. The molecule has 4 fully saturated rings. The average Bonchev–Trinajstić information content (AvgIpc) is 1.69. The molecule has 0 bridgehead atoms. The maximum atomic E-state index is 15.3. The molecule has 15 rings (SSSR count). The van der Waals surface area contributed by atoms with Crippen molar-refractivity contribution < 1.29 is 240 Å². The van der Waals surface area contributed by atoms with Crippen LogP contribution in [0.1, 0.15) is 199 Å². The third-order valence-corrected chi connectivity index (χ3v) is 21.5. The molecule has 129 heavy (non-hydrogen) atoms. The second-order valence-electron chi connectivity index (χ2n) is 31.1. The Bertz CT molecular complexity index is 5720. The predicted octanol–water partition coefficient (Wildman–Crippen LogP) is 7.90. The molecule has 0 aliphatic heterocycles. The number of anilines is 4. The van der Waals surface area contributed by atoms with Crippen LogP contribution >= 0.6 is 28.3 Å². The Hall–Kier alpha value is -7.50. The van der Waals surface area contributed by atoms with E-state index in [1.54, 1.807) is 145 Å². The molecule has 4 saturated carbocycles. The van der Waals surface area contributed by atoms with Crippen molar-refractivity contribution >= 4 is 92.5 Å². The number of aromatic nitrogens is 11. The number of ether oxygens (including phenoxy) is 3. The molecular weight excluding hydrogens is 2010 g/mol. The fourth-order valence-corrected chi connectivity index (χ4v) is 14.1. The summed E-state index contributed by atoms with van der Waals surface area (Å²) in [6.07, 6.45) is 34.7. The van der Waals surface area contributed by atoms with Gasteiger partial charge in [0.15, 0.2) is 5.78 Å². The number of amides is 3. The number of carbonyl (C=O) groups excluding carboxylic acids is 5. The smallest absolute Gasteiger partial charge is 1.00 e. The summed E-state index contributed by atoms with van der Waals surface area (Å²) in [5, 5.41) is 21.9. The van der Waals surface area contributed by atoms with Gasteiger partial charge < -0.3 is 55.7 Å². The van der Waals surface area contributed by atoms with Crippen molar-refractivity contribution in [3.05, 3.63) is 288 Å². The number of pyridine rings is 1. The van der Waals surface area contributed by atoms with E-state index in [0.717, 1.165) is 84.4 Å². The Morgan fingerprint density at radius 1 is 0.589 bits per heavy atom. The number of nitrogens with one attached hydrogen (secondary N) is 4. The first-order valence-electron chi connectivity index (χ1n) is 40.1. The first kappa shape index (κ1) is 114. The second kappa shape index (κ2) is 56.5. The van der Waals surface area contributed by atoms with Crippen molar-refractivity contribution in [2.45, 2.75) is 173 Å². The van der Waals surface area contributed by atoms with E-state index in [0.29, 0.717) is 34.4 Å². The van der Waals surface area contributed by atoms with Gasteiger partial charge >= 0.3 is 186 Å². The number of benzene rings is 5. The van der Waals surface area contributed by atoms with Crippen molar-refractivity contribution in [2.75, 3.05) is 35.9 Å². The Morgan fingerprint density at radius 2 is 1.02 bits per heavy atom. The van der Waals surface area contributed by atoms with Crippen LogP contribution in [0, 0.1) is 53.9 Å². The number of alkyl halides is 1. The van der Waals surface area contributed by atoms with E-state index in [2.05, 4.69) is 81.2 Å². The van der Waals surface area contributed by atoms with Crippen LogP contribution in [0.25, 0.3) is 16.5 Å². The van der Waals surface area contributed by atoms with Gasteiger partial charge in [-0.1, -0.05) is 111 Å². The number of hydrogen-bond donors (Lipinski definition) is 5. The largest absolute Gasteiger partial charge is 1.00 e. The van der Waals surface area contributed by atoms with Gasteiger partial charge in [0.05, 0.1) is 85.6 Å². The molecule has 6 aromatic heterocycles. The fraction of sp³-hybridized carbons (Fsp3) is 0.367. The van der Waals surface area contributed by atoms with Crippen molar-refractivity contribution in [2.24, 2.45) is 23.7 Å². The Morgan fingerprint density at radius 3 is 1.44 bits per heavy atom. The third kappa shape index (κ3) is 36.8. The molecule has 4 aliphatic rings. The quantitative estimate of drug-likeness (QED) is 0.00375. The summed E-state index contributed by atoms with van der Waals surface area (Å²) >= 11 is 3.62. The predicted molar refractivity (Wildman–Crippen MR) is 472 cm³/mol. The zero-order valence-corrected chi connectivity index (χ0v) is 89.5. The molecule has 0 saturated heterocycles. The Balaban J connectivity index is 0.000000447. The second-order valence-corrected chi connectivity index (χ2v) is 32.2. The molecule has 39 heteroatoms. The normalized spacial score (nSPS) is 13.5. The minimum absolute atomic E-state index is 0. The molecule has 5 aromatic carbocycles. The number of aromatic amines is 1. The number of nitrogens with zero attached hydrogens (tertiary/aromatic N) is 10. The summed E-state index contributed by atoms with van der Waals surface area (Å²) in [4.78, 5) is 129. The van der Waals surface area contributed by atoms with E-state index in [1.165, 1.54) is 138 Å². The number of fused-ring (bicyclic) bond motifs is 1. The zero-order chi connectivity index (χ0) is 88.3. The first-order valence-corrected chi connectivity index (χ1v) is 41.0. The number of Topliss-reactive ketones (excluding diaryl/α,β-unsaturated/α-hetero) is 1. The van der Waals surface area contributed by atoms with Crippen LogP contribution in [-0.4, -0.2) is 109 Å². The summed E-state index contributed by atoms with van der Waals surface area (Å²) in [5.74, 6) is 1.02. The van der Waals surface area contributed by atoms with Crippen LogP contribution in [0.5, 0.6) is 0 Å². The van der Waals surface area contributed by atoms with Crippen LogP contribution in [0.15, 0.2) is 203 Å². The van der Waals surface area contributed by atoms with E-state index in [1.807, 2.05) is 18.2 Å². The monoisotopic (exact) mass is 2110 g/mol. The summed E-state index contributed by atoms with van der Waals surface area (Å²) in [6.45, 7) is 6.93. The van der Waals surface area contributed by atoms with Crippen LogP contribution in [0.2, 0.25) is 0 Å². The van der Waals surface area contributed by atoms with Crippen LogP contribution in [0.4, 0.5) is 54.8 Å². The summed E-state index contributed by atoms with van der Waals surface area (Å²) in [7, 11) is 2.46. The van der Waals surface area contributed by atoms with Gasteiger partial charge in [0.25, 0.3) is 28.7 Å². The van der Waals surface area contributed by atoms with Gasteiger partial charge in [-0.15, -0.1) is 12.4 Å². The number of methoxy groups -OCH3 is 2. The van der Waals surface area contributed by atoms with Gasteiger partial charge in [0, 0.05) is 72.4 Å². The van der Waals surface area contributed by atoms with Crippen molar-refractivity contribution in [1.82, 2.24) is 53.4 Å². The van der Waals surface area contributed by atoms with Gasteiger partial charge in [-0.3, -0.25) is 64.7 Å². The van der Waals surface area contributed by atoms with Crippen LogP contribution in [-0.2, 0) is 30.3 Å². The molecule has 4 atom stereocenters. The molecule has 0 radical (unpaired) electrons. The summed E-state index contributed by atoms with van der Waals surface area (Å²) < 4.78 is 77.0. The zero-order valence-electron chi connectivity index (χ0n) is 73.5. The van der Waals surface area contributed by atoms with Gasteiger partial charge in [-0.2, -0.15) is 5.10 Å². The molecule has 3 amide bonds. The molecule has 6 heterocycles. The van der Waals surface area contributed by atoms with E-state index in [9.17, 15) is 51.5 Å². The molecule has 11 aromatic rings. The Kier molecular flexibility index (Phi) is 49.9. The minimum atomic E-state index is -0.744. The van der Waals surface area contributed by atoms with Crippen molar-refractivity contribution in [3.8, 4) is 5.69 Å². The van der Waals surface area contributed by atoms with E-state index in [-0.39, 0.29) is 286 Å². The number of rotatable bonds is 27. The SMILES string of the molecule is C.COC(=O)Nc1cc(C(Br)CCC2CC2)ccc1F.COC(=O)Nc1cc(C(CCC2CC2)n2ccncc2=O)ccc1F.Cc1cc(C(=O)Cc2cc(C(CCC3CC3)n3ccncc3=O)ccc2F)n(-c2ccc3ccnc(NC(=O)OC(C)(C)C)c3c2)n1.Cl.Nc1cc(C(CCC2CC2)n2ccncc2=O)ccc1F.O=CO[O-].O=c1cncc[nH]1.[Cs+].[Cs+].[H-].[Na+].[OH-]. The number of nitrogen functional groups attached to an aromatic ring is 1. The molecule has 30 nitrogen and oxygen atoms in total. The van der Waals surface area contributed by atoms with E-state index < -0.39 is 47.1 Å². The van der Waals surface area contributed by atoms with E-state index in [4.69, 9.17) is 20.5 Å². The molecule has 4 aliphatic carbocycles. The summed E-state index contributed by atoms with van der Waals surface area (Å²) in [5.41, 5.74) is 9.57. The van der Waals surface area contributed by atoms with Gasteiger partial charge in [-0.05, 0) is 203 Å². The van der Waals surface area contributed by atoms with Crippen LogP contribution in [0.3, 0.4) is 0 Å². The van der Waals surface area contributed by atoms with Gasteiger partial charge in [0.2, 0.25) is 0 Å². The number of hydrogen-bond acceptors (Lipinski definition) is 22. The minimum Gasteiger partial charge on any atom is -1.00 e. The molecule has 7 N–H and O–H groups in total. The van der Waals surface area contributed by atoms with Crippen molar-refractivity contribution in [3.63, 3.8) is 0 Å². The number of nitrogens with two attached hydrogens (primary N) is 1. The standard InChI is InChI=1S/C36H37FN6O4.C18H20FN3O3.C16H18FN3O.C14H17BrFNO2.C4H4N2O.CH2O3.CH4.ClH.2Cs.Na.H2O.H/c1-22-17-31(43(41-22)27-10-8-24-13-14-39-34(28(24)20-27)40-35(46)47-36(2,3)4)32(44)19-26-18-25(9-11-29(26)37)30(12-7-23-5-6-23)42-16-15-38-21-33(42)45;1-25-18(24)21-15-10-13(5-6-14(15)19)16(7-4-12-2-3-12)22-9-8-20-11-17(22)23;17-13-5-4-12(9-14(13)18)15(6-3-11-1-2-11)20-8-7-19-10-16(20)21;1-19-14(18)17-13-8-10(5-7-12(13)16)11(15)6-4-9-2-3-9;7-4-3-5-1-2-6-4;2-1-4-3;;;;;;;/h8-11,13-18,20-21,23,30H,5-7,12,19H2,1-4H3,(H,39,40,46);5-6,8-12,16H,2-4,7H2,1H3,(H,21,24);4-5,7-11,15H,1-3,6,18H2;5,7-9,11H,2-4,6H2,1H3,(H,17,18);1-3H,(H,6,7);1,3H;1H4;1H;;;;1H2;/q;;;;;;;;3*+1;;-1/p-2. The van der Waals surface area contributed by atoms with Gasteiger partial charge in [-0.25, -0.2) is 41.6 Å². The number of aryl methyl sites for hydroxylation is 1. The van der Waals surface area contributed by atoms with Crippen molar-refractivity contribution in [1.29, 1.82) is 0 Å². The molecule has 4 unspecified atom stereocenters. The number of H-pyrrole nitrogens is 1. The number of halogens is 6. The first-order chi connectivity index (χ1) is 59.1. The Labute approximate surface area is 899 Å². The molecule has 0 spiro atoms. The average molecular weight is 2120 g/mol. The molecular formula is C90H104BrClCs2F4N15NaO15. The number of carbonyl (C=O) groups is 5. The molecule has 674 valence electrons. The number of ketones is 1. The maximum Gasteiger partial charge on any atom is 1.00 e.